The van der Waals surface area contributed by atoms with Gasteiger partial charge >= 0.3 is 5.71 Å². The SMILES string of the molecule is CC(C)(C)OC(=O)[P@+](C1=CC=CCC1=O)(c1ccccc1)c1cccc([C@H]2CCN(N3CCCC3)C2)c1.[Br-]. The van der Waals surface area contributed by atoms with Crippen molar-refractivity contribution in [1.29, 1.82) is 0 Å². The number of carbonyl (C=O) groups is 2. The molecule has 0 saturated carbocycles. The summed E-state index contributed by atoms with van der Waals surface area (Å²) in [5.74, 6) is 0.393. The van der Waals surface area contributed by atoms with Crippen LogP contribution in [-0.2, 0) is 9.53 Å². The summed E-state index contributed by atoms with van der Waals surface area (Å²) >= 11 is 0. The molecule has 2 saturated heterocycles. The molecule has 0 aromatic heterocycles. The van der Waals surface area contributed by atoms with Crippen LogP contribution in [-0.4, -0.2) is 53.3 Å². The Labute approximate surface area is 238 Å². The minimum Gasteiger partial charge on any atom is -1.00 e. The Morgan fingerprint density at radius 2 is 1.66 bits per heavy atom. The van der Waals surface area contributed by atoms with Gasteiger partial charge < -0.3 is 21.7 Å². The standard InChI is InChI=1S/C31H38N2O3P.BrH/c1-31(2,3)36-30(35)37(26-13-5-4-6-14-26,29-17-8-7-16-28(29)34)27-15-11-12-24(22-27)25-18-21-33(23-25)32-19-9-10-20-32;/h4-8,11-15,17,22,25H,9-10,16,18-21,23H2,1-3H3;1H/q+1;/p-1/t25-,37+;/m0./s1. The number of halogens is 1. The van der Waals surface area contributed by atoms with E-state index in [2.05, 4.69) is 28.2 Å². The van der Waals surface area contributed by atoms with Crippen molar-refractivity contribution in [2.45, 2.75) is 58.0 Å². The third kappa shape index (κ3) is 5.74. The van der Waals surface area contributed by atoms with E-state index in [4.69, 9.17) is 4.74 Å². The van der Waals surface area contributed by atoms with Crippen LogP contribution in [0.4, 0.5) is 4.79 Å². The Bertz CT molecular complexity index is 1220. The van der Waals surface area contributed by atoms with E-state index >= 15 is 0 Å². The highest BCUT2D eigenvalue weighted by molar-refractivity contribution is 8.06. The van der Waals surface area contributed by atoms with Crippen molar-refractivity contribution < 1.29 is 31.3 Å². The minimum atomic E-state index is -3.05. The van der Waals surface area contributed by atoms with Gasteiger partial charge in [0.15, 0.2) is 5.31 Å². The van der Waals surface area contributed by atoms with Crippen LogP contribution in [0.1, 0.15) is 57.9 Å². The first-order valence-corrected chi connectivity index (χ1v) is 15.3. The molecule has 0 spiro atoms. The molecule has 0 amide bonds. The molecule has 2 atom stereocenters. The zero-order chi connectivity index (χ0) is 26.0. The van der Waals surface area contributed by atoms with E-state index in [0.29, 0.717) is 17.7 Å². The lowest BCUT2D eigenvalue weighted by Crippen LogP contribution is -3.00. The van der Waals surface area contributed by atoms with E-state index in [9.17, 15) is 9.59 Å². The Hall–Kier alpha value is -2.11. The van der Waals surface area contributed by atoms with Crippen molar-refractivity contribution >= 4 is 29.4 Å². The van der Waals surface area contributed by atoms with Gasteiger partial charge in [-0.15, -0.1) is 0 Å². The van der Waals surface area contributed by atoms with Crippen LogP contribution in [0.25, 0.3) is 0 Å². The number of hydrazine groups is 1. The predicted molar refractivity (Wildman–Crippen MR) is 152 cm³/mol. The number of rotatable bonds is 6. The average Bonchev–Trinajstić information content (AvgIpc) is 3.58. The van der Waals surface area contributed by atoms with Crippen molar-refractivity contribution in [3.05, 3.63) is 83.7 Å². The monoisotopic (exact) mass is 596 g/mol. The summed E-state index contributed by atoms with van der Waals surface area (Å²) in [6.07, 6.45) is 9.57. The fraction of sp³-hybridized carbons (Fsp3) is 0.419. The van der Waals surface area contributed by atoms with Crippen LogP contribution in [0.2, 0.25) is 0 Å². The Kier molecular flexibility index (Phi) is 9.09. The number of ether oxygens (including phenoxy) is 1. The third-order valence-electron chi connectivity index (χ3n) is 7.53. The highest BCUT2D eigenvalue weighted by Gasteiger charge is 2.60. The fourth-order valence-corrected chi connectivity index (χ4v) is 9.72. The summed E-state index contributed by atoms with van der Waals surface area (Å²) < 4.78 is 6.14. The second kappa shape index (κ2) is 12.0. The van der Waals surface area contributed by atoms with Gasteiger partial charge in [-0.1, -0.05) is 42.5 Å². The quantitative estimate of drug-likeness (QED) is 0.480. The molecular weight excluding hydrogens is 559 g/mol. The number of benzene rings is 2. The Morgan fingerprint density at radius 1 is 0.947 bits per heavy atom. The van der Waals surface area contributed by atoms with Gasteiger partial charge in [0.25, 0.3) is 0 Å². The fourth-order valence-electron chi connectivity index (χ4n) is 5.79. The second-order valence-corrected chi connectivity index (χ2v) is 14.5. The Morgan fingerprint density at radius 3 is 2.34 bits per heavy atom. The molecule has 202 valence electrons. The minimum absolute atomic E-state index is 0. The number of hydrogen-bond acceptors (Lipinski definition) is 5. The summed E-state index contributed by atoms with van der Waals surface area (Å²) in [4.78, 5) is 27.9. The van der Waals surface area contributed by atoms with Crippen molar-refractivity contribution in [2.75, 3.05) is 26.2 Å². The molecule has 2 heterocycles. The predicted octanol–water partition coefficient (Wildman–Crippen LogP) is 2.81. The molecule has 0 radical (unpaired) electrons. The van der Waals surface area contributed by atoms with E-state index in [1.807, 2.05) is 75.4 Å². The maximum Gasteiger partial charge on any atom is 0.467 e. The summed E-state index contributed by atoms with van der Waals surface area (Å²) in [6, 6.07) is 18.3. The number of nitrogens with zero attached hydrogens (tertiary/aromatic N) is 2. The molecule has 2 aromatic rings. The smallest absolute Gasteiger partial charge is 0.467 e. The normalized spacial score (nSPS) is 22.0. The molecule has 0 bridgehead atoms. The molecule has 0 unspecified atom stereocenters. The molecule has 7 heteroatoms. The summed E-state index contributed by atoms with van der Waals surface area (Å²) in [6.45, 7) is 10.0. The Balaban J connectivity index is 0.00000336. The first-order valence-electron chi connectivity index (χ1n) is 13.5. The highest BCUT2D eigenvalue weighted by Crippen LogP contribution is 2.66. The number of hydrogen-bond donors (Lipinski definition) is 0. The first kappa shape index (κ1) is 28.9. The van der Waals surface area contributed by atoms with Gasteiger partial charge in [-0.05, 0) is 81.9 Å². The summed E-state index contributed by atoms with van der Waals surface area (Å²) in [7, 11) is -3.05. The molecule has 0 N–H and O–H groups in total. The van der Waals surface area contributed by atoms with Crippen molar-refractivity contribution in [1.82, 2.24) is 10.0 Å². The van der Waals surface area contributed by atoms with Crippen molar-refractivity contribution in [2.24, 2.45) is 0 Å². The second-order valence-electron chi connectivity index (χ2n) is 11.2. The van der Waals surface area contributed by atoms with Gasteiger partial charge in [-0.25, -0.2) is 14.8 Å². The third-order valence-corrected chi connectivity index (χ3v) is 11.4. The van der Waals surface area contributed by atoms with Crippen LogP contribution in [0, 0.1) is 0 Å². The van der Waals surface area contributed by atoms with E-state index in [0.717, 1.165) is 43.2 Å². The number of carbonyl (C=O) groups excluding carboxylic acids is 2. The molecule has 2 fully saturated rings. The van der Waals surface area contributed by atoms with Gasteiger partial charge in [-0.2, -0.15) is 0 Å². The average molecular weight is 598 g/mol. The maximum absolute atomic E-state index is 14.4. The summed E-state index contributed by atoms with van der Waals surface area (Å²) in [5.41, 5.74) is 0.260. The number of Topliss-reactive ketones (excluding diaryl/α,β-unsaturated/α-hetero) is 1. The van der Waals surface area contributed by atoms with Gasteiger partial charge in [-0.3, -0.25) is 4.79 Å². The summed E-state index contributed by atoms with van der Waals surface area (Å²) in [5, 5.41) is 7.36. The van der Waals surface area contributed by atoms with Gasteiger partial charge in [0, 0.05) is 32.6 Å². The zero-order valence-corrected chi connectivity index (χ0v) is 25.1. The van der Waals surface area contributed by atoms with E-state index < -0.39 is 12.9 Å². The van der Waals surface area contributed by atoms with Crippen LogP contribution in [0.15, 0.2) is 78.1 Å². The van der Waals surface area contributed by atoms with E-state index in [1.54, 1.807) is 0 Å². The van der Waals surface area contributed by atoms with Crippen LogP contribution >= 0.6 is 7.26 Å². The molecule has 5 nitrogen and oxygen atoms in total. The number of allylic oxidation sites excluding steroid dienone is 4. The van der Waals surface area contributed by atoms with Crippen molar-refractivity contribution in [3.63, 3.8) is 0 Å². The lowest BCUT2D eigenvalue weighted by Gasteiger charge is -2.30. The van der Waals surface area contributed by atoms with Crippen LogP contribution in [0.5, 0.6) is 0 Å². The molecule has 5 rings (SSSR count). The zero-order valence-electron chi connectivity index (χ0n) is 22.6. The lowest BCUT2D eigenvalue weighted by atomic mass is 9.99. The molecular formula is C31H38BrN2O3P. The van der Waals surface area contributed by atoms with Crippen molar-refractivity contribution in [3.8, 4) is 0 Å². The van der Waals surface area contributed by atoms with Gasteiger partial charge in [0.1, 0.15) is 16.2 Å². The largest absolute Gasteiger partial charge is 1.00 e. The van der Waals surface area contributed by atoms with Gasteiger partial charge in [0.05, 0.1) is 0 Å². The van der Waals surface area contributed by atoms with Crippen LogP contribution < -0.4 is 27.6 Å². The van der Waals surface area contributed by atoms with Crippen LogP contribution in [0.3, 0.4) is 0 Å². The lowest BCUT2D eigenvalue weighted by molar-refractivity contribution is -0.114. The molecule has 38 heavy (non-hydrogen) atoms. The first-order chi connectivity index (χ1) is 17.8. The highest BCUT2D eigenvalue weighted by atomic mass is 79.9. The van der Waals surface area contributed by atoms with E-state index in [-0.39, 0.29) is 28.5 Å². The molecule has 2 aromatic carbocycles. The topological polar surface area (TPSA) is 49.9 Å². The van der Waals surface area contributed by atoms with E-state index in [1.165, 1.54) is 18.4 Å². The molecule has 3 aliphatic rings. The molecule has 2 aliphatic heterocycles. The maximum atomic E-state index is 14.4. The number of ketones is 1. The molecule has 1 aliphatic carbocycles. The van der Waals surface area contributed by atoms with Gasteiger partial charge in [0.2, 0.25) is 13.0 Å².